The van der Waals surface area contributed by atoms with E-state index in [4.69, 9.17) is 0 Å². The third-order valence-electron chi connectivity index (χ3n) is 3.83. The van der Waals surface area contributed by atoms with E-state index in [9.17, 15) is 9.18 Å². The predicted molar refractivity (Wildman–Crippen MR) is 95.3 cm³/mol. The number of anilines is 1. The summed E-state index contributed by atoms with van der Waals surface area (Å²) >= 11 is 2.95. The average molecular weight is 366 g/mol. The Balaban J connectivity index is 1.48. The number of amides is 1. The molecule has 0 saturated carbocycles. The van der Waals surface area contributed by atoms with Gasteiger partial charge in [0.15, 0.2) is 4.34 Å². The number of nitrogens with one attached hydrogen (secondary N) is 1. The number of benzene rings is 1. The SMILES string of the molecule is O=C(Nc1nnc(SCCN2CCCCC2)s1)c1ccccc1F. The molecule has 0 spiro atoms. The summed E-state index contributed by atoms with van der Waals surface area (Å²) in [6, 6.07) is 5.88. The van der Waals surface area contributed by atoms with Crippen LogP contribution < -0.4 is 5.32 Å². The minimum Gasteiger partial charge on any atom is -0.303 e. The van der Waals surface area contributed by atoms with Gasteiger partial charge in [-0.1, -0.05) is 41.7 Å². The van der Waals surface area contributed by atoms with Crippen molar-refractivity contribution in [1.82, 2.24) is 15.1 Å². The van der Waals surface area contributed by atoms with Crippen molar-refractivity contribution in [2.75, 3.05) is 30.7 Å². The third-order valence-corrected chi connectivity index (χ3v) is 5.78. The van der Waals surface area contributed by atoms with Crippen LogP contribution in [0.15, 0.2) is 28.6 Å². The summed E-state index contributed by atoms with van der Waals surface area (Å²) in [6.07, 6.45) is 3.91. The number of aromatic nitrogens is 2. The van der Waals surface area contributed by atoms with Crippen molar-refractivity contribution in [2.24, 2.45) is 0 Å². The molecule has 1 aliphatic heterocycles. The number of piperidine rings is 1. The highest BCUT2D eigenvalue weighted by Gasteiger charge is 2.14. The molecule has 128 valence electrons. The van der Waals surface area contributed by atoms with Crippen molar-refractivity contribution in [2.45, 2.75) is 23.6 Å². The van der Waals surface area contributed by atoms with E-state index in [1.165, 1.54) is 55.8 Å². The molecule has 5 nitrogen and oxygen atoms in total. The van der Waals surface area contributed by atoms with E-state index >= 15 is 0 Å². The molecule has 0 aliphatic carbocycles. The smallest absolute Gasteiger partial charge is 0.260 e. The zero-order valence-electron chi connectivity index (χ0n) is 13.2. The van der Waals surface area contributed by atoms with Gasteiger partial charge in [0.1, 0.15) is 5.82 Å². The molecular weight excluding hydrogens is 347 g/mol. The number of likely N-dealkylation sites (tertiary alicyclic amines) is 1. The van der Waals surface area contributed by atoms with E-state index in [2.05, 4.69) is 20.4 Å². The average Bonchev–Trinajstić information content (AvgIpc) is 3.03. The number of hydrogen-bond donors (Lipinski definition) is 1. The second-order valence-electron chi connectivity index (χ2n) is 5.56. The van der Waals surface area contributed by atoms with Crippen LogP contribution in [0.4, 0.5) is 9.52 Å². The summed E-state index contributed by atoms with van der Waals surface area (Å²) in [5.41, 5.74) is 0.00648. The van der Waals surface area contributed by atoms with Gasteiger partial charge in [-0.25, -0.2) is 4.39 Å². The third kappa shape index (κ3) is 4.75. The van der Waals surface area contributed by atoms with Gasteiger partial charge in [-0.05, 0) is 38.1 Å². The van der Waals surface area contributed by atoms with E-state index in [1.807, 2.05) is 0 Å². The number of nitrogens with zero attached hydrogens (tertiary/aromatic N) is 3. The maximum Gasteiger partial charge on any atom is 0.260 e. The Kier molecular flexibility index (Phi) is 6.17. The van der Waals surface area contributed by atoms with Crippen LogP contribution in [0.1, 0.15) is 29.6 Å². The Morgan fingerprint density at radius 1 is 1.25 bits per heavy atom. The van der Waals surface area contributed by atoms with Crippen LogP contribution in [0.2, 0.25) is 0 Å². The first kappa shape index (κ1) is 17.3. The number of hydrogen-bond acceptors (Lipinski definition) is 6. The van der Waals surface area contributed by atoms with Gasteiger partial charge in [0.2, 0.25) is 5.13 Å². The molecule has 1 N–H and O–H groups in total. The number of thioether (sulfide) groups is 1. The number of halogens is 1. The van der Waals surface area contributed by atoms with Gasteiger partial charge in [-0.3, -0.25) is 10.1 Å². The maximum atomic E-state index is 13.6. The van der Waals surface area contributed by atoms with Gasteiger partial charge < -0.3 is 4.90 Å². The first-order chi connectivity index (χ1) is 11.7. The highest BCUT2D eigenvalue weighted by Crippen LogP contribution is 2.26. The summed E-state index contributed by atoms with van der Waals surface area (Å²) in [4.78, 5) is 14.5. The van der Waals surface area contributed by atoms with Crippen LogP contribution in [0.5, 0.6) is 0 Å². The lowest BCUT2D eigenvalue weighted by molar-refractivity contribution is 0.102. The molecule has 2 heterocycles. The highest BCUT2D eigenvalue weighted by molar-refractivity contribution is 8.01. The van der Waals surface area contributed by atoms with Crippen LogP contribution in [-0.2, 0) is 0 Å². The van der Waals surface area contributed by atoms with Gasteiger partial charge in [-0.15, -0.1) is 10.2 Å². The molecule has 24 heavy (non-hydrogen) atoms. The number of carbonyl (C=O) groups excluding carboxylic acids is 1. The molecule has 0 unspecified atom stereocenters. The Morgan fingerprint density at radius 3 is 2.83 bits per heavy atom. The summed E-state index contributed by atoms with van der Waals surface area (Å²) in [7, 11) is 0. The number of carbonyl (C=O) groups is 1. The maximum absolute atomic E-state index is 13.6. The number of rotatable bonds is 6. The molecular formula is C16H19FN4OS2. The van der Waals surface area contributed by atoms with Gasteiger partial charge in [0.25, 0.3) is 5.91 Å². The van der Waals surface area contributed by atoms with Gasteiger partial charge >= 0.3 is 0 Å². The van der Waals surface area contributed by atoms with Crippen molar-refractivity contribution >= 4 is 34.1 Å². The molecule has 1 fully saturated rings. The van der Waals surface area contributed by atoms with Crippen molar-refractivity contribution in [3.63, 3.8) is 0 Å². The van der Waals surface area contributed by atoms with Gasteiger partial charge in [0.05, 0.1) is 5.56 Å². The van der Waals surface area contributed by atoms with Crippen molar-refractivity contribution < 1.29 is 9.18 Å². The summed E-state index contributed by atoms with van der Waals surface area (Å²) in [5, 5.41) is 11.0. The Bertz CT molecular complexity index is 688. The fraction of sp³-hybridized carbons (Fsp3) is 0.438. The molecule has 8 heteroatoms. The molecule has 1 saturated heterocycles. The molecule has 3 rings (SSSR count). The largest absolute Gasteiger partial charge is 0.303 e. The molecule has 2 aromatic rings. The highest BCUT2D eigenvalue weighted by atomic mass is 32.2. The van der Waals surface area contributed by atoms with Crippen LogP contribution in [0, 0.1) is 5.82 Å². The summed E-state index contributed by atoms with van der Waals surface area (Å²) < 4.78 is 14.4. The fourth-order valence-electron chi connectivity index (χ4n) is 2.57. The quantitative estimate of drug-likeness (QED) is 0.626. The zero-order chi connectivity index (χ0) is 16.8. The molecule has 0 radical (unpaired) electrons. The molecule has 0 atom stereocenters. The van der Waals surface area contributed by atoms with Gasteiger partial charge in [-0.2, -0.15) is 0 Å². The molecule has 1 aliphatic rings. The Morgan fingerprint density at radius 2 is 2.04 bits per heavy atom. The molecule has 1 aromatic heterocycles. The van der Waals surface area contributed by atoms with Crippen LogP contribution in [0.25, 0.3) is 0 Å². The van der Waals surface area contributed by atoms with E-state index < -0.39 is 11.7 Å². The van der Waals surface area contributed by atoms with E-state index in [-0.39, 0.29) is 5.56 Å². The van der Waals surface area contributed by atoms with Crippen LogP contribution in [-0.4, -0.2) is 46.4 Å². The second kappa shape index (κ2) is 8.55. The Labute approximate surface area is 148 Å². The Hall–Kier alpha value is -1.51. The van der Waals surface area contributed by atoms with E-state index in [0.29, 0.717) is 5.13 Å². The van der Waals surface area contributed by atoms with Crippen molar-refractivity contribution in [3.8, 4) is 0 Å². The predicted octanol–water partition coefficient (Wildman–Crippen LogP) is 3.51. The van der Waals surface area contributed by atoms with E-state index in [1.54, 1.807) is 23.9 Å². The minimum atomic E-state index is -0.546. The minimum absolute atomic E-state index is 0.00648. The standard InChI is InChI=1S/C16H19FN4OS2/c17-13-7-3-2-6-12(13)14(22)18-15-19-20-16(24-15)23-11-10-21-8-4-1-5-9-21/h2-3,6-7H,1,4-5,8-11H2,(H,18,19,22). The second-order valence-corrected chi connectivity index (χ2v) is 7.88. The summed E-state index contributed by atoms with van der Waals surface area (Å²) in [5.74, 6) is -0.0969. The molecule has 1 amide bonds. The first-order valence-corrected chi connectivity index (χ1v) is 9.77. The lowest BCUT2D eigenvalue weighted by Crippen LogP contribution is -2.31. The molecule has 0 bridgehead atoms. The normalized spacial score (nSPS) is 15.4. The lowest BCUT2D eigenvalue weighted by Gasteiger charge is -2.25. The molecule has 1 aromatic carbocycles. The fourth-order valence-corrected chi connectivity index (χ4v) is 4.39. The zero-order valence-corrected chi connectivity index (χ0v) is 14.8. The van der Waals surface area contributed by atoms with Crippen molar-refractivity contribution in [1.29, 1.82) is 0 Å². The lowest BCUT2D eigenvalue weighted by atomic mass is 10.1. The van der Waals surface area contributed by atoms with Crippen molar-refractivity contribution in [3.05, 3.63) is 35.6 Å². The van der Waals surface area contributed by atoms with Crippen LogP contribution >= 0.6 is 23.1 Å². The van der Waals surface area contributed by atoms with Gasteiger partial charge in [0, 0.05) is 12.3 Å². The van der Waals surface area contributed by atoms with E-state index in [0.717, 1.165) is 16.6 Å². The summed E-state index contributed by atoms with van der Waals surface area (Å²) in [6.45, 7) is 3.41. The monoisotopic (exact) mass is 366 g/mol. The first-order valence-electron chi connectivity index (χ1n) is 7.97. The van der Waals surface area contributed by atoms with Crippen LogP contribution in [0.3, 0.4) is 0 Å². The topological polar surface area (TPSA) is 58.1 Å².